The lowest BCUT2D eigenvalue weighted by Gasteiger charge is -2.37. The minimum Gasteiger partial charge on any atom is -0.497 e. The number of nitrogens with zero attached hydrogens (tertiary/aromatic N) is 2. The molecular weight excluding hydrogens is 519 g/mol. The van der Waals surface area contributed by atoms with Gasteiger partial charge in [-0.25, -0.2) is 13.3 Å². The van der Waals surface area contributed by atoms with E-state index in [0.717, 1.165) is 12.8 Å². The number of anilines is 1. The summed E-state index contributed by atoms with van der Waals surface area (Å²) >= 11 is 2.13. The standard InChI is InChI=1S/C21H23IN2O5S/c1-21(2,3)24(30(27,28)17-11-9-16(29-4)10-12-17)18-13-19(25)23(20(18)26)15-7-5-14(22)6-8-15/h5-12,18H,13H2,1-4H3. The monoisotopic (exact) mass is 542 g/mol. The molecule has 0 N–H and O–H groups in total. The Balaban J connectivity index is 2.03. The number of carbonyl (C=O) groups excluding carboxylic acids is 2. The van der Waals surface area contributed by atoms with E-state index in [9.17, 15) is 18.0 Å². The van der Waals surface area contributed by atoms with Crippen molar-refractivity contribution >= 4 is 50.1 Å². The first kappa shape index (κ1) is 22.7. The van der Waals surface area contributed by atoms with Crippen LogP contribution in [0.5, 0.6) is 5.75 Å². The smallest absolute Gasteiger partial charge is 0.252 e. The molecule has 3 rings (SSSR count). The molecule has 1 fully saturated rings. The Hall–Kier alpha value is -1.98. The first-order valence-electron chi connectivity index (χ1n) is 9.28. The Bertz CT molecular complexity index is 1060. The summed E-state index contributed by atoms with van der Waals surface area (Å²) in [5, 5.41) is 0. The Morgan fingerprint density at radius 1 is 1.03 bits per heavy atom. The maximum atomic E-state index is 13.5. The third-order valence-corrected chi connectivity index (χ3v) is 7.68. The van der Waals surface area contributed by atoms with E-state index in [1.165, 1.54) is 19.2 Å². The Labute approximate surface area is 190 Å². The van der Waals surface area contributed by atoms with Gasteiger partial charge in [-0.05, 0) is 91.9 Å². The van der Waals surface area contributed by atoms with Crippen molar-refractivity contribution in [1.29, 1.82) is 0 Å². The molecule has 1 atom stereocenters. The summed E-state index contributed by atoms with van der Waals surface area (Å²) in [7, 11) is -2.57. The average molecular weight is 542 g/mol. The van der Waals surface area contributed by atoms with Crippen LogP contribution in [0.3, 0.4) is 0 Å². The normalized spacial score (nSPS) is 17.7. The van der Waals surface area contributed by atoms with Gasteiger partial charge in [0.2, 0.25) is 15.9 Å². The highest BCUT2D eigenvalue weighted by Crippen LogP contribution is 2.34. The minimum absolute atomic E-state index is 0.0335. The van der Waals surface area contributed by atoms with Crippen molar-refractivity contribution in [2.24, 2.45) is 0 Å². The molecule has 2 aromatic carbocycles. The van der Waals surface area contributed by atoms with Gasteiger partial charge in [0.05, 0.1) is 24.1 Å². The van der Waals surface area contributed by atoms with E-state index in [4.69, 9.17) is 4.74 Å². The number of ether oxygens (including phenoxy) is 1. The zero-order chi connectivity index (χ0) is 22.3. The second kappa shape index (κ2) is 8.27. The molecule has 1 aliphatic rings. The van der Waals surface area contributed by atoms with Crippen LogP contribution in [-0.4, -0.2) is 43.2 Å². The van der Waals surface area contributed by atoms with Crippen LogP contribution < -0.4 is 9.64 Å². The fourth-order valence-electron chi connectivity index (χ4n) is 3.52. The van der Waals surface area contributed by atoms with E-state index in [2.05, 4.69) is 22.6 Å². The van der Waals surface area contributed by atoms with Crippen LogP contribution in [0.2, 0.25) is 0 Å². The number of hydrogen-bond donors (Lipinski definition) is 0. The molecule has 1 saturated heterocycles. The zero-order valence-electron chi connectivity index (χ0n) is 17.1. The molecule has 30 heavy (non-hydrogen) atoms. The van der Waals surface area contributed by atoms with E-state index in [1.54, 1.807) is 57.2 Å². The van der Waals surface area contributed by atoms with Gasteiger partial charge in [-0.2, -0.15) is 4.31 Å². The number of amides is 2. The van der Waals surface area contributed by atoms with Crippen molar-refractivity contribution < 1.29 is 22.7 Å². The number of methoxy groups -OCH3 is 1. The number of sulfonamides is 1. The quantitative estimate of drug-likeness (QED) is 0.427. The summed E-state index contributed by atoms with van der Waals surface area (Å²) in [5.41, 5.74) is -0.495. The fraction of sp³-hybridized carbons (Fsp3) is 0.333. The number of imide groups is 1. The first-order chi connectivity index (χ1) is 14.0. The van der Waals surface area contributed by atoms with Gasteiger partial charge in [-0.3, -0.25) is 9.59 Å². The lowest BCUT2D eigenvalue weighted by molar-refractivity contribution is -0.122. The van der Waals surface area contributed by atoms with Crippen LogP contribution in [0.1, 0.15) is 27.2 Å². The molecule has 9 heteroatoms. The van der Waals surface area contributed by atoms with Gasteiger partial charge in [-0.1, -0.05) is 0 Å². The predicted molar refractivity (Wildman–Crippen MR) is 122 cm³/mol. The maximum Gasteiger partial charge on any atom is 0.252 e. The van der Waals surface area contributed by atoms with Crippen LogP contribution >= 0.6 is 22.6 Å². The fourth-order valence-corrected chi connectivity index (χ4v) is 5.80. The number of hydrogen-bond acceptors (Lipinski definition) is 5. The Kier molecular flexibility index (Phi) is 6.26. The molecule has 2 aromatic rings. The summed E-state index contributed by atoms with van der Waals surface area (Å²) < 4.78 is 34.2. The van der Waals surface area contributed by atoms with Crippen molar-refractivity contribution in [2.75, 3.05) is 12.0 Å². The average Bonchev–Trinajstić information content (AvgIpc) is 2.95. The summed E-state index contributed by atoms with van der Waals surface area (Å²) in [4.78, 5) is 27.1. The minimum atomic E-state index is -4.06. The van der Waals surface area contributed by atoms with Gasteiger partial charge in [0.25, 0.3) is 5.91 Å². The summed E-state index contributed by atoms with van der Waals surface area (Å²) in [6.45, 7) is 5.12. The van der Waals surface area contributed by atoms with Gasteiger partial charge >= 0.3 is 0 Å². The SMILES string of the molecule is COc1ccc(S(=O)(=O)N(C2CC(=O)N(c3ccc(I)cc3)C2=O)C(C)(C)C)cc1. The molecule has 1 aliphatic heterocycles. The zero-order valence-corrected chi connectivity index (χ0v) is 20.1. The van der Waals surface area contributed by atoms with Crippen LogP contribution in [-0.2, 0) is 19.6 Å². The highest BCUT2D eigenvalue weighted by atomic mass is 127. The van der Waals surface area contributed by atoms with Crippen LogP contribution in [0.4, 0.5) is 5.69 Å². The van der Waals surface area contributed by atoms with E-state index in [1.807, 2.05) is 0 Å². The van der Waals surface area contributed by atoms with Crippen LogP contribution in [0.25, 0.3) is 0 Å². The van der Waals surface area contributed by atoms with E-state index >= 15 is 0 Å². The van der Waals surface area contributed by atoms with Gasteiger partial charge in [0, 0.05) is 9.11 Å². The van der Waals surface area contributed by atoms with Crippen molar-refractivity contribution in [1.82, 2.24) is 4.31 Å². The molecular formula is C21H23IN2O5S. The van der Waals surface area contributed by atoms with E-state index in [-0.39, 0.29) is 11.3 Å². The van der Waals surface area contributed by atoms with Crippen LogP contribution in [0, 0.1) is 3.57 Å². The molecule has 7 nitrogen and oxygen atoms in total. The molecule has 0 aliphatic carbocycles. The summed E-state index contributed by atoms with van der Waals surface area (Å²) in [6, 6.07) is 11.8. The lowest BCUT2D eigenvalue weighted by Crippen LogP contribution is -2.54. The number of carbonyl (C=O) groups is 2. The Morgan fingerprint density at radius 3 is 2.10 bits per heavy atom. The number of rotatable bonds is 5. The largest absolute Gasteiger partial charge is 0.497 e. The van der Waals surface area contributed by atoms with Crippen molar-refractivity contribution in [3.8, 4) is 5.75 Å². The van der Waals surface area contributed by atoms with E-state index in [0.29, 0.717) is 11.4 Å². The first-order valence-corrected chi connectivity index (χ1v) is 11.8. The van der Waals surface area contributed by atoms with Gasteiger partial charge in [0.15, 0.2) is 0 Å². The molecule has 0 aromatic heterocycles. The third-order valence-electron chi connectivity index (χ3n) is 4.77. The van der Waals surface area contributed by atoms with Crippen LogP contribution in [0.15, 0.2) is 53.4 Å². The summed E-state index contributed by atoms with van der Waals surface area (Å²) in [6.07, 6.45) is -0.211. The molecule has 0 radical (unpaired) electrons. The second-order valence-electron chi connectivity index (χ2n) is 7.91. The van der Waals surface area contributed by atoms with Crippen molar-refractivity contribution in [3.05, 3.63) is 52.1 Å². The Morgan fingerprint density at radius 2 is 1.60 bits per heavy atom. The second-order valence-corrected chi connectivity index (χ2v) is 11.0. The number of halogens is 1. The van der Waals surface area contributed by atoms with Crippen molar-refractivity contribution in [2.45, 2.75) is 43.7 Å². The summed E-state index contributed by atoms with van der Waals surface area (Å²) in [5.74, 6) is -0.452. The maximum absolute atomic E-state index is 13.5. The third kappa shape index (κ3) is 4.23. The molecule has 0 saturated carbocycles. The van der Waals surface area contributed by atoms with Gasteiger partial charge in [-0.15, -0.1) is 0 Å². The van der Waals surface area contributed by atoms with Gasteiger partial charge in [0.1, 0.15) is 11.8 Å². The van der Waals surface area contributed by atoms with E-state index < -0.39 is 33.4 Å². The number of benzene rings is 2. The lowest BCUT2D eigenvalue weighted by atomic mass is 10.1. The van der Waals surface area contributed by atoms with Gasteiger partial charge < -0.3 is 4.74 Å². The molecule has 160 valence electrons. The predicted octanol–water partition coefficient (Wildman–Crippen LogP) is 3.42. The highest BCUT2D eigenvalue weighted by Gasteiger charge is 2.50. The molecule has 2 amide bonds. The van der Waals surface area contributed by atoms with Crippen molar-refractivity contribution in [3.63, 3.8) is 0 Å². The topological polar surface area (TPSA) is 84.0 Å². The highest BCUT2D eigenvalue weighted by molar-refractivity contribution is 14.1. The molecule has 1 unspecified atom stereocenters. The molecule has 0 spiro atoms. The molecule has 1 heterocycles. The molecule has 0 bridgehead atoms.